The SMILES string of the molecule is CC(CO)(NCc1ccc(Oc2ccccc2)o1)C1CC1. The first-order valence-electron chi connectivity index (χ1n) is 7.37. The number of aliphatic hydroxyl groups excluding tert-OH is 1. The Hall–Kier alpha value is -1.78. The Kier molecular flexibility index (Phi) is 3.99. The Bertz CT molecular complexity index is 577. The van der Waals surface area contributed by atoms with Gasteiger partial charge in [0, 0.05) is 11.6 Å². The summed E-state index contributed by atoms with van der Waals surface area (Å²) in [4.78, 5) is 0. The fourth-order valence-electron chi connectivity index (χ4n) is 2.45. The van der Waals surface area contributed by atoms with E-state index in [1.54, 1.807) is 0 Å². The Morgan fingerprint density at radius 3 is 2.67 bits per heavy atom. The first-order valence-corrected chi connectivity index (χ1v) is 7.37. The molecule has 0 saturated heterocycles. The summed E-state index contributed by atoms with van der Waals surface area (Å²) >= 11 is 0. The van der Waals surface area contributed by atoms with Gasteiger partial charge in [-0.15, -0.1) is 0 Å². The maximum Gasteiger partial charge on any atom is 0.290 e. The molecule has 0 amide bonds. The monoisotopic (exact) mass is 287 g/mol. The van der Waals surface area contributed by atoms with E-state index < -0.39 is 0 Å². The van der Waals surface area contributed by atoms with Gasteiger partial charge in [-0.3, -0.25) is 0 Å². The lowest BCUT2D eigenvalue weighted by molar-refractivity contribution is 0.150. The third-order valence-electron chi connectivity index (χ3n) is 4.07. The maximum absolute atomic E-state index is 9.56. The van der Waals surface area contributed by atoms with Crippen molar-refractivity contribution < 1.29 is 14.3 Å². The van der Waals surface area contributed by atoms with Crippen LogP contribution < -0.4 is 10.1 Å². The number of hydrogen-bond acceptors (Lipinski definition) is 4. The first kappa shape index (κ1) is 14.2. The van der Waals surface area contributed by atoms with Crippen molar-refractivity contribution in [3.63, 3.8) is 0 Å². The van der Waals surface area contributed by atoms with Crippen molar-refractivity contribution >= 4 is 0 Å². The fourth-order valence-corrected chi connectivity index (χ4v) is 2.45. The van der Waals surface area contributed by atoms with Crippen LogP contribution in [0.25, 0.3) is 0 Å². The van der Waals surface area contributed by atoms with Gasteiger partial charge in [0.05, 0.1) is 13.2 Å². The van der Waals surface area contributed by atoms with Crippen molar-refractivity contribution in [2.45, 2.75) is 31.8 Å². The minimum absolute atomic E-state index is 0.145. The molecule has 1 aliphatic rings. The third kappa shape index (κ3) is 3.46. The summed E-state index contributed by atoms with van der Waals surface area (Å²) in [6.07, 6.45) is 2.37. The van der Waals surface area contributed by atoms with Crippen LogP contribution >= 0.6 is 0 Å². The van der Waals surface area contributed by atoms with Gasteiger partial charge in [-0.2, -0.15) is 0 Å². The molecule has 1 aromatic heterocycles. The lowest BCUT2D eigenvalue weighted by atomic mass is 9.97. The van der Waals surface area contributed by atoms with Gasteiger partial charge in [0.15, 0.2) is 0 Å². The first-order chi connectivity index (χ1) is 10.2. The molecule has 0 aliphatic heterocycles. The topological polar surface area (TPSA) is 54.6 Å². The molecule has 0 radical (unpaired) electrons. The molecule has 0 bridgehead atoms. The summed E-state index contributed by atoms with van der Waals surface area (Å²) in [5, 5.41) is 13.0. The molecule has 2 N–H and O–H groups in total. The third-order valence-corrected chi connectivity index (χ3v) is 4.07. The van der Waals surface area contributed by atoms with E-state index in [0.717, 1.165) is 11.5 Å². The summed E-state index contributed by atoms with van der Waals surface area (Å²) < 4.78 is 11.3. The molecule has 21 heavy (non-hydrogen) atoms. The van der Waals surface area contributed by atoms with E-state index in [2.05, 4.69) is 12.2 Å². The van der Waals surface area contributed by atoms with Crippen LogP contribution in [0.4, 0.5) is 0 Å². The Balaban J connectivity index is 1.58. The zero-order valence-corrected chi connectivity index (χ0v) is 12.2. The number of rotatable bonds is 7. The summed E-state index contributed by atoms with van der Waals surface area (Å²) in [5.41, 5.74) is -0.215. The average molecular weight is 287 g/mol. The number of aliphatic hydroxyl groups is 1. The Morgan fingerprint density at radius 2 is 2.00 bits per heavy atom. The van der Waals surface area contributed by atoms with Crippen LogP contribution in [-0.2, 0) is 6.54 Å². The molecule has 1 aliphatic carbocycles. The molecule has 4 nitrogen and oxygen atoms in total. The van der Waals surface area contributed by atoms with Gasteiger partial charge < -0.3 is 19.6 Å². The van der Waals surface area contributed by atoms with Crippen molar-refractivity contribution in [1.82, 2.24) is 5.32 Å². The van der Waals surface area contributed by atoms with Crippen LogP contribution in [0.3, 0.4) is 0 Å². The summed E-state index contributed by atoms with van der Waals surface area (Å²) in [7, 11) is 0. The van der Waals surface area contributed by atoms with E-state index in [-0.39, 0.29) is 12.1 Å². The summed E-state index contributed by atoms with van der Waals surface area (Å²) in [5.74, 6) is 2.61. The molecule has 0 spiro atoms. The van der Waals surface area contributed by atoms with Crippen molar-refractivity contribution in [3.05, 3.63) is 48.2 Å². The van der Waals surface area contributed by atoms with Crippen LogP contribution in [0.5, 0.6) is 11.7 Å². The van der Waals surface area contributed by atoms with Crippen molar-refractivity contribution in [2.24, 2.45) is 5.92 Å². The largest absolute Gasteiger partial charge is 0.429 e. The van der Waals surface area contributed by atoms with Crippen LogP contribution in [0.2, 0.25) is 0 Å². The molecule has 112 valence electrons. The van der Waals surface area contributed by atoms with Crippen molar-refractivity contribution in [2.75, 3.05) is 6.61 Å². The molecule has 1 aromatic carbocycles. The molecule has 4 heteroatoms. The van der Waals surface area contributed by atoms with E-state index >= 15 is 0 Å². The number of ether oxygens (including phenoxy) is 1. The summed E-state index contributed by atoms with van der Waals surface area (Å²) in [6, 6.07) is 13.3. The zero-order chi connectivity index (χ0) is 14.7. The molecule has 2 aromatic rings. The molecular weight excluding hydrogens is 266 g/mol. The predicted molar refractivity (Wildman–Crippen MR) is 80.3 cm³/mol. The quantitative estimate of drug-likeness (QED) is 0.820. The molecule has 1 saturated carbocycles. The maximum atomic E-state index is 9.56. The van der Waals surface area contributed by atoms with E-state index in [9.17, 15) is 5.11 Å². The summed E-state index contributed by atoms with van der Waals surface area (Å²) in [6.45, 7) is 2.80. The molecule has 1 fully saturated rings. The molecular formula is C17H21NO3. The van der Waals surface area contributed by atoms with Crippen LogP contribution in [0, 0.1) is 5.92 Å². The van der Waals surface area contributed by atoms with Gasteiger partial charge in [0.25, 0.3) is 5.95 Å². The lowest BCUT2D eigenvalue weighted by Crippen LogP contribution is -2.47. The van der Waals surface area contributed by atoms with Gasteiger partial charge in [-0.25, -0.2) is 0 Å². The normalized spacial score (nSPS) is 17.4. The second-order valence-electron chi connectivity index (χ2n) is 5.84. The lowest BCUT2D eigenvalue weighted by Gasteiger charge is -2.28. The second kappa shape index (κ2) is 5.92. The highest BCUT2D eigenvalue weighted by atomic mass is 16.6. The van der Waals surface area contributed by atoms with Gasteiger partial charge in [-0.05, 0) is 43.9 Å². The minimum Gasteiger partial charge on any atom is -0.429 e. The van der Waals surface area contributed by atoms with Gasteiger partial charge in [-0.1, -0.05) is 18.2 Å². The second-order valence-corrected chi connectivity index (χ2v) is 5.84. The highest BCUT2D eigenvalue weighted by Gasteiger charge is 2.40. The van der Waals surface area contributed by atoms with Crippen LogP contribution in [-0.4, -0.2) is 17.3 Å². The fraction of sp³-hybridized carbons (Fsp3) is 0.412. The van der Waals surface area contributed by atoms with Crippen LogP contribution in [0.15, 0.2) is 46.9 Å². The van der Waals surface area contributed by atoms with E-state index in [1.807, 2.05) is 42.5 Å². The molecule has 3 rings (SSSR count). The smallest absolute Gasteiger partial charge is 0.290 e. The number of furan rings is 1. The molecule has 1 unspecified atom stereocenters. The Labute approximate surface area is 124 Å². The number of para-hydroxylation sites is 1. The number of benzene rings is 1. The predicted octanol–water partition coefficient (Wildman–Crippen LogP) is 3.32. The molecule has 1 atom stereocenters. The highest BCUT2D eigenvalue weighted by Crippen LogP contribution is 2.39. The van der Waals surface area contributed by atoms with Crippen molar-refractivity contribution in [1.29, 1.82) is 0 Å². The van der Waals surface area contributed by atoms with E-state index in [0.29, 0.717) is 18.4 Å². The highest BCUT2D eigenvalue weighted by molar-refractivity contribution is 5.26. The van der Waals surface area contributed by atoms with Gasteiger partial charge >= 0.3 is 0 Å². The van der Waals surface area contributed by atoms with Crippen molar-refractivity contribution in [3.8, 4) is 11.7 Å². The molecule has 1 heterocycles. The Morgan fingerprint density at radius 1 is 1.24 bits per heavy atom. The van der Waals surface area contributed by atoms with Gasteiger partial charge in [0.1, 0.15) is 11.5 Å². The average Bonchev–Trinajstić information content (AvgIpc) is 3.28. The minimum atomic E-state index is -0.215. The number of nitrogens with one attached hydrogen (secondary N) is 1. The van der Waals surface area contributed by atoms with Gasteiger partial charge in [0.2, 0.25) is 0 Å². The van der Waals surface area contributed by atoms with E-state index in [4.69, 9.17) is 9.15 Å². The van der Waals surface area contributed by atoms with E-state index in [1.165, 1.54) is 12.8 Å². The standard InChI is InChI=1S/C17H21NO3/c1-17(12-19,13-7-8-13)18-11-15-9-10-16(21-15)20-14-5-3-2-4-6-14/h2-6,9-10,13,18-19H,7-8,11-12H2,1H3. The zero-order valence-electron chi connectivity index (χ0n) is 12.2. The number of hydrogen-bond donors (Lipinski definition) is 2. The van der Waals surface area contributed by atoms with Crippen LogP contribution in [0.1, 0.15) is 25.5 Å².